The molecule has 0 aromatic heterocycles. The summed E-state index contributed by atoms with van der Waals surface area (Å²) in [5.74, 6) is -1.27. The average molecular weight is 365 g/mol. The van der Waals surface area contributed by atoms with Crippen LogP contribution in [-0.2, 0) is 25.6 Å². The van der Waals surface area contributed by atoms with Gasteiger partial charge in [-0.25, -0.2) is 9.59 Å². The van der Waals surface area contributed by atoms with Gasteiger partial charge in [0.15, 0.2) is 0 Å². The van der Waals surface area contributed by atoms with Crippen molar-refractivity contribution < 1.29 is 23.9 Å². The van der Waals surface area contributed by atoms with Crippen LogP contribution in [0.2, 0.25) is 0 Å². The molecule has 3 rings (SSSR count). The molecule has 0 aliphatic carbocycles. The fraction of sp³-hybridized carbons (Fsp3) is 0.190. The van der Waals surface area contributed by atoms with Crippen molar-refractivity contribution in [3.8, 4) is 0 Å². The Hall–Kier alpha value is -3.41. The highest BCUT2D eigenvalue weighted by Gasteiger charge is 2.32. The van der Waals surface area contributed by atoms with Crippen LogP contribution in [0.1, 0.15) is 28.4 Å². The number of para-hydroxylation sites is 1. The Balaban J connectivity index is 1.94. The van der Waals surface area contributed by atoms with Crippen molar-refractivity contribution in [1.29, 1.82) is 0 Å². The maximum absolute atomic E-state index is 12.9. The van der Waals surface area contributed by atoms with Crippen LogP contribution in [0, 0.1) is 0 Å². The monoisotopic (exact) mass is 365 g/mol. The molecule has 138 valence electrons. The first-order chi connectivity index (χ1) is 13.0. The maximum atomic E-state index is 12.9. The quantitative estimate of drug-likeness (QED) is 0.602. The smallest absolute Gasteiger partial charge is 0.337 e. The van der Waals surface area contributed by atoms with Crippen molar-refractivity contribution in [1.82, 2.24) is 0 Å². The molecule has 0 radical (unpaired) electrons. The summed E-state index contributed by atoms with van der Waals surface area (Å²) in [4.78, 5) is 38.1. The first-order valence-corrected chi connectivity index (χ1v) is 8.52. The molecule has 0 atom stereocenters. The zero-order chi connectivity index (χ0) is 19.4. The standard InChI is InChI=1S/C21H19NO5/c1-3-27-19(23)12-17-16-9-4-5-10-18(16)22(20(17)24)13-14-7-6-8-15(11-14)21(25)26-2/h4-12H,3,13H2,1-2H3/b17-12+. The molecule has 2 aromatic rings. The van der Waals surface area contributed by atoms with Crippen molar-refractivity contribution >= 4 is 29.1 Å². The molecular weight excluding hydrogens is 346 g/mol. The van der Waals surface area contributed by atoms with Gasteiger partial charge in [0.25, 0.3) is 5.91 Å². The molecular formula is C21H19NO5. The second-order valence-corrected chi connectivity index (χ2v) is 5.91. The summed E-state index contributed by atoms with van der Waals surface area (Å²) in [6.07, 6.45) is 1.23. The van der Waals surface area contributed by atoms with E-state index >= 15 is 0 Å². The molecule has 6 heteroatoms. The topological polar surface area (TPSA) is 72.9 Å². The average Bonchev–Trinajstić information content (AvgIpc) is 2.94. The number of rotatable bonds is 5. The number of anilines is 1. The van der Waals surface area contributed by atoms with Gasteiger partial charge in [-0.15, -0.1) is 0 Å². The van der Waals surface area contributed by atoms with Gasteiger partial charge in [-0.05, 0) is 30.7 Å². The van der Waals surface area contributed by atoms with Crippen LogP contribution >= 0.6 is 0 Å². The molecule has 0 saturated carbocycles. The molecule has 1 amide bonds. The fourth-order valence-electron chi connectivity index (χ4n) is 3.00. The number of carbonyl (C=O) groups excluding carboxylic acids is 3. The lowest BCUT2D eigenvalue weighted by Crippen LogP contribution is -2.26. The van der Waals surface area contributed by atoms with E-state index in [-0.39, 0.29) is 19.1 Å². The minimum atomic E-state index is -0.551. The lowest BCUT2D eigenvalue weighted by atomic mass is 10.1. The van der Waals surface area contributed by atoms with Crippen molar-refractivity contribution in [2.24, 2.45) is 0 Å². The fourth-order valence-corrected chi connectivity index (χ4v) is 3.00. The first-order valence-electron chi connectivity index (χ1n) is 8.52. The summed E-state index contributed by atoms with van der Waals surface area (Å²) in [6, 6.07) is 14.2. The summed E-state index contributed by atoms with van der Waals surface area (Å²) in [5, 5.41) is 0. The first kappa shape index (κ1) is 18.4. The number of methoxy groups -OCH3 is 1. The predicted molar refractivity (Wildman–Crippen MR) is 100 cm³/mol. The van der Waals surface area contributed by atoms with E-state index in [2.05, 4.69) is 0 Å². The number of hydrogen-bond acceptors (Lipinski definition) is 5. The Bertz CT molecular complexity index is 932. The van der Waals surface area contributed by atoms with E-state index in [9.17, 15) is 14.4 Å². The third-order valence-corrected chi connectivity index (χ3v) is 4.20. The third-order valence-electron chi connectivity index (χ3n) is 4.20. The van der Waals surface area contributed by atoms with E-state index in [1.807, 2.05) is 24.3 Å². The second kappa shape index (κ2) is 7.86. The number of carbonyl (C=O) groups is 3. The molecule has 2 aromatic carbocycles. The van der Waals surface area contributed by atoms with Gasteiger partial charge in [0.2, 0.25) is 0 Å². The molecule has 0 bridgehead atoms. The lowest BCUT2D eigenvalue weighted by Gasteiger charge is -2.17. The molecule has 0 fully saturated rings. The van der Waals surface area contributed by atoms with Crippen LogP contribution in [0.3, 0.4) is 0 Å². The summed E-state index contributed by atoms with van der Waals surface area (Å²) in [5.41, 5.74) is 2.88. The van der Waals surface area contributed by atoms with E-state index in [0.717, 1.165) is 5.56 Å². The van der Waals surface area contributed by atoms with Crippen molar-refractivity contribution in [3.63, 3.8) is 0 Å². The minimum Gasteiger partial charge on any atom is -0.465 e. The number of hydrogen-bond donors (Lipinski definition) is 0. The molecule has 1 heterocycles. The summed E-state index contributed by atoms with van der Waals surface area (Å²) in [7, 11) is 1.32. The second-order valence-electron chi connectivity index (χ2n) is 5.91. The van der Waals surface area contributed by atoms with E-state index < -0.39 is 11.9 Å². The van der Waals surface area contributed by atoms with Crippen molar-refractivity contribution in [3.05, 3.63) is 71.3 Å². The summed E-state index contributed by atoms with van der Waals surface area (Å²) < 4.78 is 9.68. The van der Waals surface area contributed by atoms with Crippen LogP contribution in [0.5, 0.6) is 0 Å². The third kappa shape index (κ3) is 3.74. The number of benzene rings is 2. The Morgan fingerprint density at radius 1 is 1.11 bits per heavy atom. The van der Waals surface area contributed by atoms with Crippen LogP contribution in [0.15, 0.2) is 54.6 Å². The molecule has 1 aliphatic rings. The molecule has 0 saturated heterocycles. The molecule has 1 aliphatic heterocycles. The van der Waals surface area contributed by atoms with Gasteiger partial charge < -0.3 is 14.4 Å². The molecule has 6 nitrogen and oxygen atoms in total. The van der Waals surface area contributed by atoms with Gasteiger partial charge in [-0.1, -0.05) is 30.3 Å². The maximum Gasteiger partial charge on any atom is 0.337 e. The van der Waals surface area contributed by atoms with Gasteiger partial charge in [0, 0.05) is 11.6 Å². The number of esters is 2. The van der Waals surface area contributed by atoms with E-state index in [1.165, 1.54) is 13.2 Å². The molecule has 0 spiro atoms. The Morgan fingerprint density at radius 3 is 2.63 bits per heavy atom. The van der Waals surface area contributed by atoms with Crippen molar-refractivity contribution in [2.75, 3.05) is 18.6 Å². The van der Waals surface area contributed by atoms with E-state index in [1.54, 1.807) is 36.1 Å². The highest BCUT2D eigenvalue weighted by molar-refractivity contribution is 6.34. The Morgan fingerprint density at radius 2 is 1.89 bits per heavy atom. The van der Waals surface area contributed by atoms with Gasteiger partial charge in [-0.3, -0.25) is 4.79 Å². The predicted octanol–water partition coefficient (Wildman–Crippen LogP) is 2.97. The van der Waals surface area contributed by atoms with Crippen LogP contribution in [0.4, 0.5) is 5.69 Å². The highest BCUT2D eigenvalue weighted by Crippen LogP contribution is 2.37. The molecule has 0 N–H and O–H groups in total. The van der Waals surface area contributed by atoms with Gasteiger partial charge in [-0.2, -0.15) is 0 Å². The van der Waals surface area contributed by atoms with Crippen LogP contribution in [-0.4, -0.2) is 31.6 Å². The SMILES string of the molecule is CCOC(=O)/C=C1/C(=O)N(Cc2cccc(C(=O)OC)c2)c2ccccc21. The van der Waals surface area contributed by atoms with Crippen molar-refractivity contribution in [2.45, 2.75) is 13.5 Å². The zero-order valence-electron chi connectivity index (χ0n) is 15.1. The zero-order valence-corrected chi connectivity index (χ0v) is 15.1. The van der Waals surface area contributed by atoms with Gasteiger partial charge in [0.1, 0.15) is 0 Å². The normalized spacial score (nSPS) is 14.2. The number of ether oxygens (including phenoxy) is 2. The van der Waals surface area contributed by atoms with Gasteiger partial charge >= 0.3 is 11.9 Å². The van der Waals surface area contributed by atoms with Crippen LogP contribution < -0.4 is 4.90 Å². The largest absolute Gasteiger partial charge is 0.465 e. The molecule has 0 unspecified atom stereocenters. The minimum absolute atomic E-state index is 0.239. The lowest BCUT2D eigenvalue weighted by molar-refractivity contribution is -0.137. The van der Waals surface area contributed by atoms with Crippen LogP contribution in [0.25, 0.3) is 5.57 Å². The summed E-state index contributed by atoms with van der Waals surface area (Å²) in [6.45, 7) is 2.21. The van der Waals surface area contributed by atoms with E-state index in [4.69, 9.17) is 9.47 Å². The van der Waals surface area contributed by atoms with Gasteiger partial charge in [0.05, 0.1) is 37.1 Å². The summed E-state index contributed by atoms with van der Waals surface area (Å²) >= 11 is 0. The number of amides is 1. The Kier molecular flexibility index (Phi) is 5.35. The molecule has 27 heavy (non-hydrogen) atoms. The Labute approximate surface area is 157 Å². The van der Waals surface area contributed by atoms with E-state index in [0.29, 0.717) is 22.4 Å². The highest BCUT2D eigenvalue weighted by atomic mass is 16.5. The number of fused-ring (bicyclic) bond motifs is 1. The number of nitrogens with zero attached hydrogens (tertiary/aromatic N) is 1.